The van der Waals surface area contributed by atoms with Gasteiger partial charge in [-0.05, 0) is 57.7 Å². The van der Waals surface area contributed by atoms with Crippen LogP contribution >= 0.6 is 0 Å². The van der Waals surface area contributed by atoms with Gasteiger partial charge in [-0.2, -0.15) is 0 Å². The van der Waals surface area contributed by atoms with Crippen molar-refractivity contribution in [2.24, 2.45) is 21.0 Å². The summed E-state index contributed by atoms with van der Waals surface area (Å²) in [6.07, 6.45) is 5.53. The summed E-state index contributed by atoms with van der Waals surface area (Å²) in [5.41, 5.74) is 6.91. The quantitative estimate of drug-likeness (QED) is 0.524. The smallest absolute Gasteiger partial charge is 0.232 e. The van der Waals surface area contributed by atoms with E-state index in [-0.39, 0.29) is 17.2 Å². The average molecular weight is 513 g/mol. The second kappa shape index (κ2) is 8.65. The number of benzene rings is 1. The molecule has 1 unspecified atom stereocenters. The lowest BCUT2D eigenvalue weighted by molar-refractivity contribution is 0.287. The van der Waals surface area contributed by atoms with E-state index in [4.69, 9.17) is 15.0 Å². The van der Waals surface area contributed by atoms with Gasteiger partial charge in [0.05, 0.1) is 34.5 Å². The largest absolute Gasteiger partial charge is 0.476 e. The van der Waals surface area contributed by atoms with Crippen molar-refractivity contribution in [2.75, 3.05) is 19.4 Å². The van der Waals surface area contributed by atoms with Crippen LogP contribution in [0.3, 0.4) is 0 Å². The second-order valence-corrected chi connectivity index (χ2v) is 13.0. The Morgan fingerprint density at radius 3 is 2.64 bits per heavy atom. The van der Waals surface area contributed by atoms with Crippen LogP contribution in [-0.2, 0) is 15.3 Å². The minimum atomic E-state index is -2.81. The van der Waals surface area contributed by atoms with Gasteiger partial charge in [-0.1, -0.05) is 5.16 Å². The van der Waals surface area contributed by atoms with Crippen LogP contribution < -0.4 is 10.5 Å². The molecule has 0 spiro atoms. The Morgan fingerprint density at radius 2 is 1.97 bits per heavy atom. The number of nitrogens with two attached hydrogens (primary N) is 1. The maximum absolute atomic E-state index is 15.1. The average Bonchev–Trinajstić information content (AvgIpc) is 3.56. The van der Waals surface area contributed by atoms with E-state index in [9.17, 15) is 4.21 Å². The number of aliphatic imine (C=N–C) groups is 1. The van der Waals surface area contributed by atoms with Crippen molar-refractivity contribution in [3.8, 4) is 28.6 Å². The summed E-state index contributed by atoms with van der Waals surface area (Å²) in [5.74, 6) is 1.25. The minimum absolute atomic E-state index is 0.0387. The first-order valence-corrected chi connectivity index (χ1v) is 13.4. The van der Waals surface area contributed by atoms with Crippen LogP contribution in [-0.4, -0.2) is 49.3 Å². The van der Waals surface area contributed by atoms with Gasteiger partial charge in [-0.3, -0.25) is 4.99 Å². The summed E-state index contributed by atoms with van der Waals surface area (Å²) in [6.45, 7) is 5.87. The number of amidine groups is 1. The zero-order valence-electron chi connectivity index (χ0n) is 20.7. The van der Waals surface area contributed by atoms with E-state index in [0.29, 0.717) is 41.1 Å². The molecule has 1 aliphatic heterocycles. The summed E-state index contributed by atoms with van der Waals surface area (Å²) in [5, 5.41) is 4.11. The monoisotopic (exact) mass is 512 g/mol. The topological polar surface area (TPSA) is 129 Å². The van der Waals surface area contributed by atoms with E-state index >= 15 is 4.39 Å². The molecule has 1 aromatic carbocycles. The Morgan fingerprint density at radius 1 is 1.19 bits per heavy atom. The summed E-state index contributed by atoms with van der Waals surface area (Å²) in [4.78, 5) is 13.3. The number of ether oxygens (including phenoxy) is 1. The van der Waals surface area contributed by atoms with Crippen molar-refractivity contribution in [1.82, 2.24) is 15.1 Å². The molecule has 0 amide bonds. The molecule has 0 saturated heterocycles. The van der Waals surface area contributed by atoms with E-state index in [1.807, 2.05) is 0 Å². The van der Waals surface area contributed by atoms with Gasteiger partial charge in [-0.25, -0.2) is 22.9 Å². The lowest BCUT2D eigenvalue weighted by Gasteiger charge is -2.40. The molecule has 36 heavy (non-hydrogen) atoms. The predicted molar refractivity (Wildman–Crippen MR) is 136 cm³/mol. The van der Waals surface area contributed by atoms with Crippen LogP contribution in [0.4, 0.5) is 4.39 Å². The molecule has 3 aromatic rings. The standard InChI is InChI=1S/C25H29FN6O3S/c1-24(2)23(27)31-25(3,14-36(24,33)28-4)17-9-16(7-8-18(17)26)21-10-19(32-35-21)20-11-30-22(12-29-20)34-13-15-5-6-15/h7-12,15H,5-6,13-14H2,1-4H3,(H2,27,31)/t25-,36?/m0/s1. The second-order valence-electron chi connectivity index (χ2n) is 10.0. The number of halogens is 1. The fraction of sp³-hybridized carbons (Fsp3) is 0.440. The minimum Gasteiger partial charge on any atom is -0.476 e. The Balaban J connectivity index is 1.45. The highest BCUT2D eigenvalue weighted by atomic mass is 32.2. The maximum Gasteiger partial charge on any atom is 0.232 e. The Kier molecular flexibility index (Phi) is 5.85. The third-order valence-electron chi connectivity index (χ3n) is 6.95. The van der Waals surface area contributed by atoms with Gasteiger partial charge in [0.15, 0.2) is 5.76 Å². The zero-order chi connectivity index (χ0) is 25.7. The van der Waals surface area contributed by atoms with Crippen LogP contribution in [0.25, 0.3) is 22.7 Å². The Hall–Kier alpha value is -3.34. The van der Waals surface area contributed by atoms with Gasteiger partial charge >= 0.3 is 0 Å². The van der Waals surface area contributed by atoms with Crippen molar-refractivity contribution < 1.29 is 17.9 Å². The number of hydrogen-bond acceptors (Lipinski definition) is 9. The predicted octanol–water partition coefficient (Wildman–Crippen LogP) is 4.19. The van der Waals surface area contributed by atoms with E-state index in [1.54, 1.807) is 51.4 Å². The molecular formula is C25H29FN6O3S. The number of nitrogens with zero attached hydrogens (tertiary/aromatic N) is 5. The van der Waals surface area contributed by atoms with Crippen LogP contribution in [0.1, 0.15) is 39.2 Å². The van der Waals surface area contributed by atoms with Gasteiger partial charge in [0.25, 0.3) is 0 Å². The fourth-order valence-corrected chi connectivity index (χ4v) is 6.52. The normalized spacial score (nSPS) is 25.3. The summed E-state index contributed by atoms with van der Waals surface area (Å²) < 4.78 is 43.2. The summed E-state index contributed by atoms with van der Waals surface area (Å²) in [6, 6.07) is 6.26. The summed E-state index contributed by atoms with van der Waals surface area (Å²) >= 11 is 0. The third-order valence-corrected chi connectivity index (χ3v) is 10.3. The fourth-order valence-electron chi connectivity index (χ4n) is 4.22. The third kappa shape index (κ3) is 4.25. The molecular weight excluding hydrogens is 483 g/mol. The van der Waals surface area contributed by atoms with Gasteiger partial charge < -0.3 is 15.0 Å². The highest BCUT2D eigenvalue weighted by Gasteiger charge is 2.47. The molecule has 5 rings (SSSR count). The SMILES string of the molecule is CN=S1(=O)C[C@@](C)(c2cc(-c3cc(-c4cnc(OCC5CC5)cn4)no3)ccc2F)N=C(N)C1(C)C. The molecule has 9 nitrogen and oxygen atoms in total. The van der Waals surface area contributed by atoms with E-state index < -0.39 is 25.8 Å². The van der Waals surface area contributed by atoms with Gasteiger partial charge in [0.1, 0.15) is 33.3 Å². The number of hydrogen-bond donors (Lipinski definition) is 1. The van der Waals surface area contributed by atoms with E-state index in [0.717, 1.165) is 0 Å². The zero-order valence-corrected chi connectivity index (χ0v) is 21.5. The van der Waals surface area contributed by atoms with Crippen molar-refractivity contribution in [3.05, 3.63) is 48.0 Å². The van der Waals surface area contributed by atoms with Crippen LogP contribution in [0, 0.1) is 11.7 Å². The highest BCUT2D eigenvalue weighted by molar-refractivity contribution is 7.95. The van der Waals surface area contributed by atoms with Crippen molar-refractivity contribution >= 4 is 15.6 Å². The molecule has 1 saturated carbocycles. The maximum atomic E-state index is 15.1. The van der Waals surface area contributed by atoms with Crippen molar-refractivity contribution in [3.63, 3.8) is 0 Å². The van der Waals surface area contributed by atoms with Gasteiger partial charge in [0, 0.05) is 24.2 Å². The van der Waals surface area contributed by atoms with E-state index in [1.165, 1.54) is 26.0 Å². The van der Waals surface area contributed by atoms with Crippen LogP contribution in [0.5, 0.6) is 5.88 Å². The lowest BCUT2D eigenvalue weighted by atomic mass is 9.91. The Bertz CT molecular complexity index is 1450. The molecule has 1 fully saturated rings. The first-order chi connectivity index (χ1) is 17.0. The van der Waals surface area contributed by atoms with Crippen LogP contribution in [0.2, 0.25) is 0 Å². The molecule has 2 aliphatic rings. The first-order valence-electron chi connectivity index (χ1n) is 11.8. The molecule has 11 heteroatoms. The van der Waals surface area contributed by atoms with Crippen molar-refractivity contribution in [2.45, 2.75) is 43.9 Å². The van der Waals surface area contributed by atoms with Crippen molar-refractivity contribution in [1.29, 1.82) is 0 Å². The molecule has 2 aromatic heterocycles. The molecule has 0 bridgehead atoms. The highest BCUT2D eigenvalue weighted by Crippen LogP contribution is 2.40. The first kappa shape index (κ1) is 24.4. The molecule has 1 aliphatic carbocycles. The Labute approximate surface area is 209 Å². The molecule has 3 heterocycles. The number of rotatable bonds is 6. The van der Waals surface area contributed by atoms with Crippen LogP contribution in [0.15, 0.2) is 50.5 Å². The number of aromatic nitrogens is 3. The molecule has 190 valence electrons. The van der Waals surface area contributed by atoms with Gasteiger partial charge in [-0.15, -0.1) is 0 Å². The molecule has 2 N–H and O–H groups in total. The summed E-state index contributed by atoms with van der Waals surface area (Å²) in [7, 11) is -1.30. The molecule has 2 atom stereocenters. The molecule has 0 radical (unpaired) electrons. The lowest BCUT2D eigenvalue weighted by Crippen LogP contribution is -2.54. The van der Waals surface area contributed by atoms with E-state index in [2.05, 4.69) is 24.5 Å². The van der Waals surface area contributed by atoms with Gasteiger partial charge in [0.2, 0.25) is 5.88 Å².